The van der Waals surface area contributed by atoms with E-state index in [1.165, 1.54) is 31.4 Å². The van der Waals surface area contributed by atoms with Crippen molar-refractivity contribution in [2.45, 2.75) is 39.5 Å². The SMILES string of the molecule is CCCCC(/C=C/c1cccn1C)CC. The van der Waals surface area contributed by atoms with Crippen LogP contribution < -0.4 is 0 Å². The minimum Gasteiger partial charge on any atom is -0.351 e. The summed E-state index contributed by atoms with van der Waals surface area (Å²) in [6.45, 7) is 4.53. The van der Waals surface area contributed by atoms with Crippen molar-refractivity contribution >= 4 is 6.08 Å². The van der Waals surface area contributed by atoms with Gasteiger partial charge in [0.25, 0.3) is 0 Å². The van der Waals surface area contributed by atoms with Crippen LogP contribution in [0.1, 0.15) is 45.2 Å². The van der Waals surface area contributed by atoms with Crippen LogP contribution in [0.4, 0.5) is 0 Å². The lowest BCUT2D eigenvalue weighted by atomic mass is 9.99. The number of nitrogens with zero attached hydrogens (tertiary/aromatic N) is 1. The molecule has 0 aromatic carbocycles. The maximum Gasteiger partial charge on any atom is 0.0400 e. The first-order valence-corrected chi connectivity index (χ1v) is 6.07. The van der Waals surface area contributed by atoms with E-state index >= 15 is 0 Å². The van der Waals surface area contributed by atoms with Crippen LogP contribution in [0.25, 0.3) is 6.08 Å². The quantitative estimate of drug-likeness (QED) is 0.654. The summed E-state index contributed by atoms with van der Waals surface area (Å²) < 4.78 is 2.16. The molecule has 1 unspecified atom stereocenters. The Morgan fingerprint density at radius 2 is 2.20 bits per heavy atom. The van der Waals surface area contributed by atoms with Gasteiger partial charge in [-0.25, -0.2) is 0 Å². The summed E-state index contributed by atoms with van der Waals surface area (Å²) in [6, 6.07) is 4.25. The Morgan fingerprint density at radius 1 is 1.40 bits per heavy atom. The first-order chi connectivity index (χ1) is 7.27. The molecule has 0 fully saturated rings. The third-order valence-corrected chi connectivity index (χ3v) is 2.98. The van der Waals surface area contributed by atoms with E-state index in [4.69, 9.17) is 0 Å². The van der Waals surface area contributed by atoms with Crippen molar-refractivity contribution in [2.75, 3.05) is 0 Å². The highest BCUT2D eigenvalue weighted by Crippen LogP contribution is 2.15. The highest BCUT2D eigenvalue weighted by Gasteiger charge is 2.00. The molecule has 1 rings (SSSR count). The Hall–Kier alpha value is -0.980. The molecule has 1 nitrogen and oxygen atoms in total. The normalized spacial score (nSPS) is 13.5. The Morgan fingerprint density at radius 3 is 2.73 bits per heavy atom. The molecule has 1 atom stereocenters. The van der Waals surface area contributed by atoms with Crippen molar-refractivity contribution in [2.24, 2.45) is 13.0 Å². The van der Waals surface area contributed by atoms with Gasteiger partial charge in [-0.1, -0.05) is 32.8 Å². The van der Waals surface area contributed by atoms with Crippen LogP contribution in [0.5, 0.6) is 0 Å². The molecule has 0 N–H and O–H groups in total. The fraction of sp³-hybridized carbons (Fsp3) is 0.571. The summed E-state index contributed by atoms with van der Waals surface area (Å²) in [5.41, 5.74) is 1.30. The van der Waals surface area contributed by atoms with Crippen LogP contribution >= 0.6 is 0 Å². The Kier molecular flexibility index (Phi) is 5.23. The van der Waals surface area contributed by atoms with E-state index in [9.17, 15) is 0 Å². The number of unbranched alkanes of at least 4 members (excludes halogenated alkanes) is 1. The average Bonchev–Trinajstić information content (AvgIpc) is 2.65. The summed E-state index contributed by atoms with van der Waals surface area (Å²) >= 11 is 0. The lowest BCUT2D eigenvalue weighted by Crippen LogP contribution is -1.94. The van der Waals surface area contributed by atoms with Gasteiger partial charge in [0.1, 0.15) is 0 Å². The number of hydrogen-bond acceptors (Lipinski definition) is 0. The van der Waals surface area contributed by atoms with E-state index in [2.05, 4.69) is 55.9 Å². The van der Waals surface area contributed by atoms with Gasteiger partial charge in [-0.05, 0) is 37.0 Å². The molecule has 15 heavy (non-hydrogen) atoms. The van der Waals surface area contributed by atoms with Crippen molar-refractivity contribution < 1.29 is 0 Å². The topological polar surface area (TPSA) is 4.93 Å². The number of aromatic nitrogens is 1. The van der Waals surface area contributed by atoms with E-state index in [1.54, 1.807) is 0 Å². The molecular weight excluding hydrogens is 182 g/mol. The third-order valence-electron chi connectivity index (χ3n) is 2.98. The highest BCUT2D eigenvalue weighted by atomic mass is 14.9. The fourth-order valence-corrected chi connectivity index (χ4v) is 1.78. The number of hydrogen-bond donors (Lipinski definition) is 0. The van der Waals surface area contributed by atoms with Crippen LogP contribution in [0.3, 0.4) is 0 Å². The third kappa shape index (κ3) is 3.94. The van der Waals surface area contributed by atoms with Crippen LogP contribution in [0.2, 0.25) is 0 Å². The fourth-order valence-electron chi connectivity index (χ4n) is 1.78. The van der Waals surface area contributed by atoms with Crippen molar-refractivity contribution in [1.82, 2.24) is 4.57 Å². The van der Waals surface area contributed by atoms with Crippen LogP contribution in [-0.2, 0) is 7.05 Å². The van der Waals surface area contributed by atoms with Crippen LogP contribution in [-0.4, -0.2) is 4.57 Å². The zero-order valence-corrected chi connectivity index (χ0v) is 10.2. The zero-order valence-electron chi connectivity index (χ0n) is 10.2. The van der Waals surface area contributed by atoms with E-state index in [1.807, 2.05) is 0 Å². The second-order valence-electron chi connectivity index (χ2n) is 4.21. The van der Waals surface area contributed by atoms with Gasteiger partial charge < -0.3 is 4.57 Å². The summed E-state index contributed by atoms with van der Waals surface area (Å²) in [5.74, 6) is 0.750. The highest BCUT2D eigenvalue weighted by molar-refractivity contribution is 5.45. The molecule has 0 aliphatic rings. The van der Waals surface area contributed by atoms with E-state index in [-0.39, 0.29) is 0 Å². The number of aryl methyl sites for hydroxylation is 1. The maximum absolute atomic E-state index is 2.37. The largest absolute Gasteiger partial charge is 0.351 e. The van der Waals surface area contributed by atoms with Gasteiger partial charge in [-0.2, -0.15) is 0 Å². The molecule has 0 saturated heterocycles. The van der Waals surface area contributed by atoms with Gasteiger partial charge in [0.15, 0.2) is 0 Å². The second kappa shape index (κ2) is 6.49. The van der Waals surface area contributed by atoms with Crippen molar-refractivity contribution in [3.8, 4) is 0 Å². The predicted molar refractivity (Wildman–Crippen MR) is 67.8 cm³/mol. The lowest BCUT2D eigenvalue weighted by molar-refractivity contribution is 0.542. The average molecular weight is 205 g/mol. The Balaban J connectivity index is 2.51. The summed E-state index contributed by atoms with van der Waals surface area (Å²) in [4.78, 5) is 0. The van der Waals surface area contributed by atoms with Crippen molar-refractivity contribution in [3.05, 3.63) is 30.1 Å². The van der Waals surface area contributed by atoms with Crippen molar-refractivity contribution in [1.29, 1.82) is 0 Å². The zero-order chi connectivity index (χ0) is 11.1. The van der Waals surface area contributed by atoms with Gasteiger partial charge >= 0.3 is 0 Å². The molecule has 0 spiro atoms. The standard InChI is InChI=1S/C14H23N/c1-4-6-8-13(5-2)10-11-14-9-7-12-15(14)3/h7,9-13H,4-6,8H2,1-3H3/b11-10+. The summed E-state index contributed by atoms with van der Waals surface area (Å²) in [7, 11) is 2.09. The van der Waals surface area contributed by atoms with Gasteiger partial charge in [0.2, 0.25) is 0 Å². The molecule has 1 aromatic rings. The molecule has 1 heterocycles. The molecule has 0 saturated carbocycles. The first-order valence-electron chi connectivity index (χ1n) is 6.07. The molecule has 0 radical (unpaired) electrons. The Bertz CT molecular complexity index is 296. The molecule has 84 valence electrons. The van der Waals surface area contributed by atoms with Crippen LogP contribution in [0.15, 0.2) is 24.4 Å². The predicted octanol–water partition coefficient (Wildman–Crippen LogP) is 4.25. The second-order valence-corrected chi connectivity index (χ2v) is 4.21. The van der Waals surface area contributed by atoms with Gasteiger partial charge in [-0.15, -0.1) is 0 Å². The first kappa shape index (κ1) is 12.1. The van der Waals surface area contributed by atoms with Crippen molar-refractivity contribution in [3.63, 3.8) is 0 Å². The number of allylic oxidation sites excluding steroid dienone is 1. The molecule has 0 aliphatic carbocycles. The Labute approximate surface area is 93.8 Å². The van der Waals surface area contributed by atoms with E-state index < -0.39 is 0 Å². The molecule has 0 bridgehead atoms. The number of rotatable bonds is 6. The van der Waals surface area contributed by atoms with Gasteiger partial charge in [-0.3, -0.25) is 0 Å². The minimum atomic E-state index is 0.750. The molecule has 1 aromatic heterocycles. The molecule has 0 amide bonds. The molecular formula is C14H23N. The van der Waals surface area contributed by atoms with E-state index in [0.29, 0.717) is 0 Å². The van der Waals surface area contributed by atoms with Gasteiger partial charge in [0.05, 0.1) is 0 Å². The smallest absolute Gasteiger partial charge is 0.0400 e. The molecule has 0 aliphatic heterocycles. The van der Waals surface area contributed by atoms with Gasteiger partial charge in [0, 0.05) is 18.9 Å². The summed E-state index contributed by atoms with van der Waals surface area (Å²) in [5, 5.41) is 0. The van der Waals surface area contributed by atoms with Crippen LogP contribution in [0, 0.1) is 5.92 Å². The van der Waals surface area contributed by atoms with E-state index in [0.717, 1.165) is 5.92 Å². The monoisotopic (exact) mass is 205 g/mol. The lowest BCUT2D eigenvalue weighted by Gasteiger charge is -2.08. The maximum atomic E-state index is 2.37. The summed E-state index contributed by atoms with van der Waals surface area (Å²) in [6.07, 6.45) is 11.9. The molecule has 1 heteroatoms. The minimum absolute atomic E-state index is 0.750.